The summed E-state index contributed by atoms with van der Waals surface area (Å²) in [5.74, 6) is -0.363. The Morgan fingerprint density at radius 3 is 2.57 bits per heavy atom. The molecule has 0 aliphatic carbocycles. The van der Waals surface area contributed by atoms with Crippen molar-refractivity contribution in [3.8, 4) is 11.3 Å². The maximum Gasteiger partial charge on any atom is 0.339 e. The molecule has 0 bridgehead atoms. The third-order valence-electron chi connectivity index (χ3n) is 3.40. The number of rotatable bonds is 2. The Balaban J connectivity index is 2.15. The molecule has 0 saturated heterocycles. The zero-order valence-electron chi connectivity index (χ0n) is 11.6. The minimum Gasteiger partial charge on any atom is -0.465 e. The largest absolute Gasteiger partial charge is 0.465 e. The van der Waals surface area contributed by atoms with E-state index in [1.165, 1.54) is 7.11 Å². The van der Waals surface area contributed by atoms with Crippen molar-refractivity contribution in [1.82, 2.24) is 9.38 Å². The van der Waals surface area contributed by atoms with Gasteiger partial charge in [0.25, 0.3) is 0 Å². The van der Waals surface area contributed by atoms with Crippen LogP contribution in [0.4, 0.5) is 0 Å². The predicted molar refractivity (Wildman–Crippen MR) is 81.7 cm³/mol. The number of carbonyl (C=O) groups is 1. The van der Waals surface area contributed by atoms with Gasteiger partial charge in [-0.05, 0) is 31.2 Å². The Morgan fingerprint density at radius 2 is 1.90 bits per heavy atom. The zero-order chi connectivity index (χ0) is 15.0. The molecular formula is C16H13ClN2O2. The Hall–Kier alpha value is -2.33. The molecule has 21 heavy (non-hydrogen) atoms. The number of hydrogen-bond donors (Lipinski definition) is 0. The van der Waals surface area contributed by atoms with E-state index in [0.29, 0.717) is 10.6 Å². The summed E-state index contributed by atoms with van der Waals surface area (Å²) in [5, 5.41) is 0.688. The molecule has 0 saturated carbocycles. The molecule has 0 N–H and O–H groups in total. The predicted octanol–water partition coefficient (Wildman–Crippen LogP) is 3.75. The number of ether oxygens (including phenoxy) is 1. The molecule has 3 rings (SSSR count). The lowest BCUT2D eigenvalue weighted by atomic mass is 10.1. The van der Waals surface area contributed by atoms with Gasteiger partial charge in [-0.1, -0.05) is 23.7 Å². The van der Waals surface area contributed by atoms with Gasteiger partial charge < -0.3 is 9.14 Å². The summed E-state index contributed by atoms with van der Waals surface area (Å²) in [6, 6.07) is 11.0. The first kappa shape index (κ1) is 13.6. The molecule has 0 spiro atoms. The van der Waals surface area contributed by atoms with Crippen LogP contribution in [0.5, 0.6) is 0 Å². The van der Waals surface area contributed by atoms with Crippen molar-refractivity contribution in [2.75, 3.05) is 7.11 Å². The van der Waals surface area contributed by atoms with E-state index in [0.717, 1.165) is 22.6 Å². The van der Waals surface area contributed by atoms with Crippen molar-refractivity contribution in [3.05, 3.63) is 58.9 Å². The van der Waals surface area contributed by atoms with Crippen molar-refractivity contribution >= 4 is 23.2 Å². The first-order valence-electron chi connectivity index (χ1n) is 6.43. The normalized spacial score (nSPS) is 10.8. The highest BCUT2D eigenvalue weighted by molar-refractivity contribution is 6.30. The van der Waals surface area contributed by atoms with Crippen molar-refractivity contribution < 1.29 is 9.53 Å². The van der Waals surface area contributed by atoms with Gasteiger partial charge >= 0.3 is 5.97 Å². The molecule has 4 nitrogen and oxygen atoms in total. The number of benzene rings is 1. The molecule has 2 heterocycles. The van der Waals surface area contributed by atoms with Crippen LogP contribution in [0, 0.1) is 6.92 Å². The number of nitrogens with zero attached hydrogens (tertiary/aromatic N) is 2. The Labute approximate surface area is 126 Å². The summed E-state index contributed by atoms with van der Waals surface area (Å²) < 4.78 is 6.63. The number of imidazole rings is 1. The van der Waals surface area contributed by atoms with Gasteiger partial charge in [-0.2, -0.15) is 0 Å². The summed E-state index contributed by atoms with van der Waals surface area (Å²) in [5.41, 5.74) is 4.09. The fraction of sp³-hybridized carbons (Fsp3) is 0.125. The Morgan fingerprint density at radius 1 is 1.19 bits per heavy atom. The zero-order valence-corrected chi connectivity index (χ0v) is 12.4. The molecule has 2 aromatic heterocycles. The van der Waals surface area contributed by atoms with Gasteiger partial charge in [0.2, 0.25) is 0 Å². The Kier molecular flexibility index (Phi) is 3.39. The van der Waals surface area contributed by atoms with Gasteiger partial charge in [0.1, 0.15) is 5.65 Å². The van der Waals surface area contributed by atoms with Crippen LogP contribution in [0.2, 0.25) is 5.02 Å². The molecule has 0 unspecified atom stereocenters. The molecule has 106 valence electrons. The highest BCUT2D eigenvalue weighted by Crippen LogP contribution is 2.25. The number of esters is 1. The molecule has 5 heteroatoms. The summed E-state index contributed by atoms with van der Waals surface area (Å²) in [6.45, 7) is 1.96. The van der Waals surface area contributed by atoms with E-state index >= 15 is 0 Å². The van der Waals surface area contributed by atoms with E-state index < -0.39 is 0 Å². The first-order chi connectivity index (χ1) is 10.1. The van der Waals surface area contributed by atoms with Crippen molar-refractivity contribution in [3.63, 3.8) is 0 Å². The third-order valence-corrected chi connectivity index (χ3v) is 3.65. The van der Waals surface area contributed by atoms with Crippen LogP contribution in [-0.4, -0.2) is 22.5 Å². The van der Waals surface area contributed by atoms with E-state index in [4.69, 9.17) is 16.3 Å². The minimum absolute atomic E-state index is 0.363. The molecule has 1 aromatic carbocycles. The minimum atomic E-state index is -0.363. The molecule has 0 fully saturated rings. The fourth-order valence-electron chi connectivity index (χ4n) is 2.28. The smallest absolute Gasteiger partial charge is 0.339 e. The van der Waals surface area contributed by atoms with Crippen molar-refractivity contribution in [2.24, 2.45) is 0 Å². The van der Waals surface area contributed by atoms with Crippen molar-refractivity contribution in [2.45, 2.75) is 6.92 Å². The van der Waals surface area contributed by atoms with E-state index in [-0.39, 0.29) is 5.97 Å². The van der Waals surface area contributed by atoms with Crippen LogP contribution in [0.25, 0.3) is 16.9 Å². The molecular weight excluding hydrogens is 288 g/mol. The van der Waals surface area contributed by atoms with Gasteiger partial charge in [0, 0.05) is 22.5 Å². The monoisotopic (exact) mass is 300 g/mol. The standard InChI is InChI=1S/C16H13ClN2O2/c1-10-15(11-3-6-13(17)7-4-11)18-14-8-5-12(9-19(10)14)16(20)21-2/h3-9H,1-2H3. The lowest BCUT2D eigenvalue weighted by molar-refractivity contribution is 0.0600. The average Bonchev–Trinajstić information content (AvgIpc) is 2.84. The maximum atomic E-state index is 11.6. The number of carbonyl (C=O) groups excluding carboxylic acids is 1. The summed E-state index contributed by atoms with van der Waals surface area (Å²) in [6.07, 6.45) is 1.74. The number of aryl methyl sites for hydroxylation is 1. The third kappa shape index (κ3) is 2.38. The second kappa shape index (κ2) is 5.22. The molecule has 0 radical (unpaired) electrons. The van der Waals surface area contributed by atoms with E-state index in [1.54, 1.807) is 18.3 Å². The lowest BCUT2D eigenvalue weighted by Crippen LogP contribution is -2.03. The molecule has 0 aliphatic rings. The van der Waals surface area contributed by atoms with Gasteiger partial charge in [-0.15, -0.1) is 0 Å². The number of hydrogen-bond acceptors (Lipinski definition) is 3. The fourth-order valence-corrected chi connectivity index (χ4v) is 2.41. The molecule has 0 atom stereocenters. The van der Waals surface area contributed by atoms with Crippen LogP contribution in [0.3, 0.4) is 0 Å². The Bertz CT molecular complexity index is 822. The van der Waals surface area contributed by atoms with Crippen LogP contribution in [0.15, 0.2) is 42.6 Å². The van der Waals surface area contributed by atoms with Crippen LogP contribution >= 0.6 is 11.6 Å². The topological polar surface area (TPSA) is 43.6 Å². The second-order valence-corrected chi connectivity index (χ2v) is 5.13. The highest BCUT2D eigenvalue weighted by atomic mass is 35.5. The van der Waals surface area contributed by atoms with E-state index in [9.17, 15) is 4.79 Å². The van der Waals surface area contributed by atoms with Gasteiger partial charge in [0.05, 0.1) is 18.4 Å². The van der Waals surface area contributed by atoms with E-state index in [2.05, 4.69) is 4.98 Å². The summed E-state index contributed by atoms with van der Waals surface area (Å²) >= 11 is 5.91. The SMILES string of the molecule is COC(=O)c1ccc2nc(-c3ccc(Cl)cc3)c(C)n2c1. The van der Waals surface area contributed by atoms with Gasteiger partial charge in [-0.25, -0.2) is 9.78 Å². The molecule has 0 amide bonds. The number of halogens is 1. The van der Waals surface area contributed by atoms with Crippen LogP contribution in [-0.2, 0) is 4.74 Å². The maximum absolute atomic E-state index is 11.6. The quantitative estimate of drug-likeness (QED) is 0.677. The van der Waals surface area contributed by atoms with Crippen LogP contribution in [0.1, 0.15) is 16.1 Å². The molecule has 3 aromatic rings. The number of aromatic nitrogens is 2. The van der Waals surface area contributed by atoms with E-state index in [1.807, 2.05) is 35.6 Å². The lowest BCUT2D eigenvalue weighted by Gasteiger charge is -2.02. The number of methoxy groups -OCH3 is 1. The second-order valence-electron chi connectivity index (χ2n) is 4.69. The first-order valence-corrected chi connectivity index (χ1v) is 6.81. The van der Waals surface area contributed by atoms with Gasteiger partial charge in [-0.3, -0.25) is 0 Å². The summed E-state index contributed by atoms with van der Waals surface area (Å²) in [4.78, 5) is 16.2. The average molecular weight is 301 g/mol. The van der Waals surface area contributed by atoms with Crippen molar-refractivity contribution in [1.29, 1.82) is 0 Å². The summed E-state index contributed by atoms with van der Waals surface area (Å²) in [7, 11) is 1.37. The molecule has 0 aliphatic heterocycles. The highest BCUT2D eigenvalue weighted by Gasteiger charge is 2.13. The van der Waals surface area contributed by atoms with Gasteiger partial charge in [0.15, 0.2) is 0 Å². The van der Waals surface area contributed by atoms with Crippen LogP contribution < -0.4 is 0 Å². The number of fused-ring (bicyclic) bond motifs is 1. The number of pyridine rings is 1.